The topological polar surface area (TPSA) is 49.8 Å². The van der Waals surface area contributed by atoms with Crippen LogP contribution in [0.5, 0.6) is 5.75 Å². The molecule has 2 fully saturated rings. The number of methoxy groups -OCH3 is 1. The molecular weight excluding hydrogens is 278 g/mol. The second kappa shape index (κ2) is 6.29. The summed E-state index contributed by atoms with van der Waals surface area (Å²) >= 11 is 0. The van der Waals surface area contributed by atoms with Gasteiger partial charge < -0.3 is 14.7 Å². The SMILES string of the molecule is COc1ccc(CC(=O)N2CCC[C@@]3(CCC[C@H]3O)C2)cc1. The Morgan fingerprint density at radius 3 is 2.68 bits per heavy atom. The van der Waals surface area contributed by atoms with Crippen molar-refractivity contribution in [3.63, 3.8) is 0 Å². The number of carbonyl (C=O) groups excluding carboxylic acids is 1. The average molecular weight is 303 g/mol. The minimum atomic E-state index is -0.232. The lowest BCUT2D eigenvalue weighted by molar-refractivity contribution is -0.135. The maximum absolute atomic E-state index is 12.6. The van der Waals surface area contributed by atoms with E-state index in [2.05, 4.69) is 0 Å². The number of piperidine rings is 1. The third-order valence-electron chi connectivity index (χ3n) is 5.33. The molecule has 4 nitrogen and oxygen atoms in total. The van der Waals surface area contributed by atoms with Crippen LogP contribution in [0.2, 0.25) is 0 Å². The molecule has 1 N–H and O–H groups in total. The fourth-order valence-corrected chi connectivity index (χ4v) is 4.00. The Morgan fingerprint density at radius 1 is 1.32 bits per heavy atom. The van der Waals surface area contributed by atoms with Gasteiger partial charge in [-0.05, 0) is 43.4 Å². The van der Waals surface area contributed by atoms with Gasteiger partial charge in [-0.1, -0.05) is 18.6 Å². The van der Waals surface area contributed by atoms with Gasteiger partial charge >= 0.3 is 0 Å². The fraction of sp³-hybridized carbons (Fsp3) is 0.611. The lowest BCUT2D eigenvalue weighted by atomic mass is 9.76. The molecule has 1 amide bonds. The van der Waals surface area contributed by atoms with Crippen molar-refractivity contribution in [2.75, 3.05) is 20.2 Å². The zero-order valence-corrected chi connectivity index (χ0v) is 13.3. The molecule has 1 saturated carbocycles. The molecule has 2 atom stereocenters. The largest absolute Gasteiger partial charge is 0.497 e. The zero-order valence-electron chi connectivity index (χ0n) is 13.3. The van der Waals surface area contributed by atoms with Gasteiger partial charge in [0.2, 0.25) is 5.91 Å². The number of ether oxygens (including phenoxy) is 1. The van der Waals surface area contributed by atoms with Gasteiger partial charge in [0.25, 0.3) is 0 Å². The summed E-state index contributed by atoms with van der Waals surface area (Å²) in [6.45, 7) is 1.55. The van der Waals surface area contributed by atoms with E-state index < -0.39 is 0 Å². The highest BCUT2D eigenvalue weighted by Crippen LogP contribution is 2.45. The van der Waals surface area contributed by atoms with Crippen molar-refractivity contribution in [2.24, 2.45) is 5.41 Å². The molecule has 120 valence electrons. The molecule has 22 heavy (non-hydrogen) atoms. The predicted molar refractivity (Wildman–Crippen MR) is 84.8 cm³/mol. The van der Waals surface area contributed by atoms with Gasteiger partial charge in [0.15, 0.2) is 0 Å². The molecule has 1 aliphatic carbocycles. The Morgan fingerprint density at radius 2 is 2.05 bits per heavy atom. The molecule has 1 saturated heterocycles. The maximum Gasteiger partial charge on any atom is 0.227 e. The highest BCUT2D eigenvalue weighted by atomic mass is 16.5. The van der Waals surface area contributed by atoms with Gasteiger partial charge in [0.05, 0.1) is 19.6 Å². The third-order valence-corrected chi connectivity index (χ3v) is 5.33. The standard InChI is InChI=1S/C18H25NO3/c1-22-15-7-5-14(6-8-15)12-17(21)19-11-3-10-18(13-19)9-2-4-16(18)20/h5-8,16,20H,2-4,9-13H2,1H3/t16-,18+/m1/s1. The van der Waals surface area contributed by atoms with Crippen molar-refractivity contribution >= 4 is 5.91 Å². The molecule has 3 rings (SSSR count). The van der Waals surface area contributed by atoms with E-state index >= 15 is 0 Å². The third kappa shape index (κ3) is 2.98. The van der Waals surface area contributed by atoms with Crippen LogP contribution in [-0.4, -0.2) is 42.2 Å². The second-order valence-corrected chi connectivity index (χ2v) is 6.71. The van der Waals surface area contributed by atoms with Crippen LogP contribution in [0.4, 0.5) is 0 Å². The van der Waals surface area contributed by atoms with E-state index in [1.807, 2.05) is 29.2 Å². The summed E-state index contributed by atoms with van der Waals surface area (Å²) in [7, 11) is 1.64. The molecule has 4 heteroatoms. The van der Waals surface area contributed by atoms with Gasteiger partial charge in [-0.2, -0.15) is 0 Å². The molecule has 0 unspecified atom stereocenters. The van der Waals surface area contributed by atoms with E-state index in [0.29, 0.717) is 6.42 Å². The Balaban J connectivity index is 1.64. The highest BCUT2D eigenvalue weighted by molar-refractivity contribution is 5.79. The number of aliphatic hydroxyl groups excluding tert-OH is 1. The molecule has 0 aromatic heterocycles. The summed E-state index contributed by atoms with van der Waals surface area (Å²) in [5.74, 6) is 0.977. The highest BCUT2D eigenvalue weighted by Gasteiger charge is 2.45. The molecule has 0 radical (unpaired) electrons. The lowest BCUT2D eigenvalue weighted by Crippen LogP contribution is -2.49. The number of nitrogens with zero attached hydrogens (tertiary/aromatic N) is 1. The zero-order chi connectivity index (χ0) is 15.6. The van der Waals surface area contributed by atoms with Crippen LogP contribution < -0.4 is 4.74 Å². The van der Waals surface area contributed by atoms with Crippen LogP contribution >= 0.6 is 0 Å². The van der Waals surface area contributed by atoms with Crippen LogP contribution in [0.15, 0.2) is 24.3 Å². The lowest BCUT2D eigenvalue weighted by Gasteiger charge is -2.42. The minimum absolute atomic E-state index is 0.0339. The van der Waals surface area contributed by atoms with Crippen LogP contribution in [0.3, 0.4) is 0 Å². The van der Waals surface area contributed by atoms with Gasteiger partial charge in [-0.3, -0.25) is 4.79 Å². The summed E-state index contributed by atoms with van der Waals surface area (Å²) in [6, 6.07) is 7.67. The number of likely N-dealkylation sites (tertiary alicyclic amines) is 1. The number of amides is 1. The first kappa shape index (κ1) is 15.3. The maximum atomic E-state index is 12.6. The Hall–Kier alpha value is -1.55. The number of benzene rings is 1. The summed E-state index contributed by atoms with van der Waals surface area (Å²) in [4.78, 5) is 14.5. The summed E-state index contributed by atoms with van der Waals surface area (Å²) in [6.07, 6.45) is 5.29. The fourth-order valence-electron chi connectivity index (χ4n) is 4.00. The normalized spacial score (nSPS) is 28.1. The predicted octanol–water partition coefficient (Wildman–Crippen LogP) is 2.39. The van der Waals surface area contributed by atoms with Crippen molar-refractivity contribution in [3.05, 3.63) is 29.8 Å². The monoisotopic (exact) mass is 303 g/mol. The average Bonchev–Trinajstić information content (AvgIpc) is 2.88. The second-order valence-electron chi connectivity index (χ2n) is 6.71. The summed E-state index contributed by atoms with van der Waals surface area (Å²) < 4.78 is 5.14. The first-order chi connectivity index (χ1) is 10.6. The van der Waals surface area contributed by atoms with Crippen molar-refractivity contribution in [3.8, 4) is 5.75 Å². The molecule has 1 aromatic carbocycles. The van der Waals surface area contributed by atoms with Crippen LogP contribution in [0.25, 0.3) is 0 Å². The van der Waals surface area contributed by atoms with Crippen LogP contribution in [0.1, 0.15) is 37.7 Å². The van der Waals surface area contributed by atoms with Crippen molar-refractivity contribution < 1.29 is 14.6 Å². The number of carbonyl (C=O) groups is 1. The van der Waals surface area contributed by atoms with Crippen molar-refractivity contribution in [2.45, 2.75) is 44.6 Å². The summed E-state index contributed by atoms with van der Waals surface area (Å²) in [5.41, 5.74) is 0.978. The van der Waals surface area contributed by atoms with Crippen molar-refractivity contribution in [1.82, 2.24) is 4.90 Å². The first-order valence-electron chi connectivity index (χ1n) is 8.22. The van der Waals surface area contributed by atoms with E-state index in [4.69, 9.17) is 4.74 Å². The van der Waals surface area contributed by atoms with Gasteiger partial charge in [0, 0.05) is 18.5 Å². The quantitative estimate of drug-likeness (QED) is 0.933. The van der Waals surface area contributed by atoms with E-state index in [-0.39, 0.29) is 17.4 Å². The van der Waals surface area contributed by atoms with E-state index in [0.717, 1.165) is 56.5 Å². The molecule has 1 spiro atoms. The number of aliphatic hydroxyl groups is 1. The molecule has 1 heterocycles. The van der Waals surface area contributed by atoms with E-state index in [1.54, 1.807) is 7.11 Å². The smallest absolute Gasteiger partial charge is 0.227 e. The van der Waals surface area contributed by atoms with Crippen molar-refractivity contribution in [1.29, 1.82) is 0 Å². The van der Waals surface area contributed by atoms with Crippen LogP contribution in [0, 0.1) is 5.41 Å². The molecular formula is C18H25NO3. The molecule has 2 aliphatic rings. The number of rotatable bonds is 3. The number of hydrogen-bond acceptors (Lipinski definition) is 3. The first-order valence-corrected chi connectivity index (χ1v) is 8.22. The molecule has 1 aromatic rings. The summed E-state index contributed by atoms with van der Waals surface area (Å²) in [5, 5.41) is 10.3. The van der Waals surface area contributed by atoms with Gasteiger partial charge in [-0.25, -0.2) is 0 Å². The Kier molecular flexibility index (Phi) is 4.39. The number of hydrogen-bond donors (Lipinski definition) is 1. The Bertz CT molecular complexity index is 528. The Labute approximate surface area is 132 Å². The van der Waals surface area contributed by atoms with E-state index in [9.17, 15) is 9.90 Å². The van der Waals surface area contributed by atoms with Crippen LogP contribution in [-0.2, 0) is 11.2 Å². The molecule has 1 aliphatic heterocycles. The van der Waals surface area contributed by atoms with Gasteiger partial charge in [-0.15, -0.1) is 0 Å². The van der Waals surface area contributed by atoms with Gasteiger partial charge in [0.1, 0.15) is 5.75 Å². The van der Waals surface area contributed by atoms with E-state index in [1.165, 1.54) is 0 Å². The minimum Gasteiger partial charge on any atom is -0.497 e. The molecule has 0 bridgehead atoms.